The number of carbonyl (C=O) groups is 1. The Kier molecular flexibility index (Phi) is 4.75. The molecular weight excluding hydrogens is 196 g/mol. The molecule has 0 bridgehead atoms. The smallest absolute Gasteiger partial charge is 0.232 e. The minimum absolute atomic E-state index is 0.267. The zero-order valence-electron chi connectivity index (χ0n) is 9.03. The summed E-state index contributed by atoms with van der Waals surface area (Å²) in [6.45, 7) is 3.85. The van der Waals surface area contributed by atoms with E-state index in [1.165, 1.54) is 0 Å². The zero-order chi connectivity index (χ0) is 10.6. The number of nitrogens with two attached hydrogens (primary N) is 1. The minimum atomic E-state index is 0.267. The monoisotopic (exact) mass is 216 g/mol. The fraction of sp³-hybridized carbons (Fsp3) is 0.900. The molecule has 2 atom stereocenters. The Balaban J connectivity index is 2.45. The average Bonchev–Trinajstić information content (AvgIpc) is 2.19. The van der Waals surface area contributed by atoms with Gasteiger partial charge in [-0.2, -0.15) is 11.8 Å². The second-order valence-corrected chi connectivity index (χ2v) is 4.76. The van der Waals surface area contributed by atoms with Crippen molar-refractivity contribution in [1.82, 2.24) is 4.90 Å². The lowest BCUT2D eigenvalue weighted by molar-refractivity contribution is -0.130. The number of thioether (sulfide) groups is 1. The van der Waals surface area contributed by atoms with Crippen LogP contribution in [0.25, 0.3) is 0 Å². The number of likely N-dealkylation sites (tertiary alicyclic amines) is 1. The third-order valence-electron chi connectivity index (χ3n) is 2.94. The highest BCUT2D eigenvalue weighted by molar-refractivity contribution is 7.99. The molecule has 14 heavy (non-hydrogen) atoms. The highest BCUT2D eigenvalue weighted by Gasteiger charge is 2.27. The SMILES string of the molecule is CCC1CN(C(=O)CSC)CCC1N. The van der Waals surface area contributed by atoms with Crippen LogP contribution in [0.2, 0.25) is 0 Å². The van der Waals surface area contributed by atoms with Gasteiger partial charge in [0.1, 0.15) is 0 Å². The second kappa shape index (κ2) is 5.61. The molecule has 2 N–H and O–H groups in total. The third-order valence-corrected chi connectivity index (χ3v) is 3.47. The van der Waals surface area contributed by atoms with Gasteiger partial charge < -0.3 is 10.6 Å². The number of hydrogen-bond donors (Lipinski definition) is 1. The Labute approximate surface area is 90.4 Å². The number of nitrogens with zero attached hydrogens (tertiary/aromatic N) is 1. The first-order chi connectivity index (χ1) is 6.69. The van der Waals surface area contributed by atoms with Gasteiger partial charge in [0.25, 0.3) is 0 Å². The van der Waals surface area contributed by atoms with Crippen molar-refractivity contribution in [3.63, 3.8) is 0 Å². The quantitative estimate of drug-likeness (QED) is 0.763. The molecule has 0 aromatic rings. The molecule has 82 valence electrons. The summed E-state index contributed by atoms with van der Waals surface area (Å²) < 4.78 is 0. The van der Waals surface area contributed by atoms with Crippen LogP contribution in [0.1, 0.15) is 19.8 Å². The Hall–Kier alpha value is -0.220. The van der Waals surface area contributed by atoms with Crippen LogP contribution in [0.15, 0.2) is 0 Å². The van der Waals surface area contributed by atoms with Gasteiger partial charge in [-0.1, -0.05) is 13.3 Å². The molecule has 1 aliphatic heterocycles. The van der Waals surface area contributed by atoms with Gasteiger partial charge in [-0.25, -0.2) is 0 Å². The van der Waals surface area contributed by atoms with Crippen LogP contribution in [0.5, 0.6) is 0 Å². The maximum absolute atomic E-state index is 11.6. The van der Waals surface area contributed by atoms with Crippen LogP contribution in [0.4, 0.5) is 0 Å². The Morgan fingerprint density at radius 2 is 2.36 bits per heavy atom. The van der Waals surface area contributed by atoms with E-state index in [9.17, 15) is 4.79 Å². The first-order valence-corrected chi connectivity index (χ1v) is 6.60. The van der Waals surface area contributed by atoms with Gasteiger partial charge >= 0.3 is 0 Å². The van der Waals surface area contributed by atoms with Gasteiger partial charge in [-0.05, 0) is 18.6 Å². The lowest BCUT2D eigenvalue weighted by Gasteiger charge is -2.36. The van der Waals surface area contributed by atoms with E-state index in [1.54, 1.807) is 11.8 Å². The van der Waals surface area contributed by atoms with Crippen LogP contribution in [-0.2, 0) is 4.79 Å². The summed E-state index contributed by atoms with van der Waals surface area (Å²) in [7, 11) is 0. The number of hydrogen-bond acceptors (Lipinski definition) is 3. The molecule has 1 fully saturated rings. The topological polar surface area (TPSA) is 46.3 Å². The lowest BCUT2D eigenvalue weighted by atomic mass is 9.91. The average molecular weight is 216 g/mol. The largest absolute Gasteiger partial charge is 0.342 e. The van der Waals surface area contributed by atoms with Gasteiger partial charge in [-0.15, -0.1) is 0 Å². The Morgan fingerprint density at radius 3 is 2.93 bits per heavy atom. The maximum atomic E-state index is 11.6. The summed E-state index contributed by atoms with van der Waals surface area (Å²) in [6.07, 6.45) is 3.99. The van der Waals surface area contributed by atoms with Crippen LogP contribution < -0.4 is 5.73 Å². The first kappa shape index (κ1) is 11.9. The summed E-state index contributed by atoms with van der Waals surface area (Å²) in [6, 6.07) is 0.290. The van der Waals surface area contributed by atoms with E-state index in [1.807, 2.05) is 11.2 Å². The highest BCUT2D eigenvalue weighted by Crippen LogP contribution is 2.18. The molecule has 0 aliphatic carbocycles. The van der Waals surface area contributed by atoms with E-state index in [0.29, 0.717) is 17.7 Å². The molecule has 1 rings (SSSR count). The first-order valence-electron chi connectivity index (χ1n) is 5.21. The van der Waals surface area contributed by atoms with Crippen molar-refractivity contribution in [3.05, 3.63) is 0 Å². The number of rotatable bonds is 3. The maximum Gasteiger partial charge on any atom is 0.232 e. The molecule has 0 spiro atoms. The summed E-state index contributed by atoms with van der Waals surface area (Å²) in [5.41, 5.74) is 5.98. The predicted molar refractivity (Wildman–Crippen MR) is 61.3 cm³/mol. The van der Waals surface area contributed by atoms with Crippen molar-refractivity contribution in [2.45, 2.75) is 25.8 Å². The molecule has 0 radical (unpaired) electrons. The highest BCUT2D eigenvalue weighted by atomic mass is 32.2. The molecule has 1 saturated heterocycles. The Bertz CT molecular complexity index is 199. The van der Waals surface area contributed by atoms with E-state index in [0.717, 1.165) is 25.9 Å². The lowest BCUT2D eigenvalue weighted by Crippen LogP contribution is -2.49. The molecular formula is C10H20N2OS. The fourth-order valence-corrected chi connectivity index (χ4v) is 2.35. The van der Waals surface area contributed by atoms with E-state index in [4.69, 9.17) is 5.73 Å². The summed E-state index contributed by atoms with van der Waals surface area (Å²) >= 11 is 1.59. The molecule has 4 heteroatoms. The molecule has 0 saturated carbocycles. The van der Waals surface area contributed by atoms with E-state index >= 15 is 0 Å². The van der Waals surface area contributed by atoms with Gasteiger partial charge in [-0.3, -0.25) is 4.79 Å². The van der Waals surface area contributed by atoms with Gasteiger partial charge in [0, 0.05) is 19.1 Å². The van der Waals surface area contributed by atoms with Crippen molar-refractivity contribution >= 4 is 17.7 Å². The summed E-state index contributed by atoms with van der Waals surface area (Å²) in [5, 5.41) is 0. The van der Waals surface area contributed by atoms with Crippen LogP contribution in [0.3, 0.4) is 0 Å². The standard InChI is InChI=1S/C10H20N2OS/c1-3-8-6-12(5-4-9(8)11)10(13)7-14-2/h8-9H,3-7,11H2,1-2H3. The molecule has 1 aliphatic rings. The molecule has 1 amide bonds. The number of carbonyl (C=O) groups excluding carboxylic acids is 1. The van der Waals surface area contributed by atoms with Crippen LogP contribution in [0, 0.1) is 5.92 Å². The summed E-state index contributed by atoms with van der Waals surface area (Å²) in [4.78, 5) is 13.6. The van der Waals surface area contributed by atoms with E-state index in [-0.39, 0.29) is 5.91 Å². The normalized spacial score (nSPS) is 27.8. The molecule has 2 unspecified atom stereocenters. The van der Waals surface area contributed by atoms with E-state index < -0.39 is 0 Å². The molecule has 3 nitrogen and oxygen atoms in total. The van der Waals surface area contributed by atoms with E-state index in [2.05, 4.69) is 6.92 Å². The minimum Gasteiger partial charge on any atom is -0.342 e. The van der Waals surface area contributed by atoms with Crippen molar-refractivity contribution in [2.75, 3.05) is 25.1 Å². The number of amides is 1. The fourth-order valence-electron chi connectivity index (χ4n) is 1.92. The second-order valence-electron chi connectivity index (χ2n) is 3.89. The molecule has 0 aromatic heterocycles. The Morgan fingerprint density at radius 1 is 1.64 bits per heavy atom. The van der Waals surface area contributed by atoms with Gasteiger partial charge in [0.05, 0.1) is 5.75 Å². The van der Waals surface area contributed by atoms with Gasteiger partial charge in [0.2, 0.25) is 5.91 Å². The molecule has 1 heterocycles. The van der Waals surface area contributed by atoms with Crippen molar-refractivity contribution in [1.29, 1.82) is 0 Å². The zero-order valence-corrected chi connectivity index (χ0v) is 9.85. The van der Waals surface area contributed by atoms with Crippen molar-refractivity contribution < 1.29 is 4.79 Å². The number of piperidine rings is 1. The van der Waals surface area contributed by atoms with Gasteiger partial charge in [0.15, 0.2) is 0 Å². The molecule has 0 aromatic carbocycles. The third kappa shape index (κ3) is 2.89. The predicted octanol–water partition coefficient (Wildman–Crippen LogP) is 0.935. The van der Waals surface area contributed by atoms with Crippen molar-refractivity contribution in [2.24, 2.45) is 11.7 Å². The van der Waals surface area contributed by atoms with Crippen LogP contribution >= 0.6 is 11.8 Å². The summed E-state index contributed by atoms with van der Waals surface area (Å²) in [5.74, 6) is 1.36. The van der Waals surface area contributed by atoms with Crippen LogP contribution in [-0.4, -0.2) is 41.9 Å². The van der Waals surface area contributed by atoms with Crippen molar-refractivity contribution in [3.8, 4) is 0 Å².